The number of halogens is 3. The van der Waals surface area contributed by atoms with Crippen molar-refractivity contribution in [1.82, 2.24) is 30.3 Å². The van der Waals surface area contributed by atoms with E-state index in [0.717, 1.165) is 64.8 Å². The Morgan fingerprint density at radius 1 is 0.881 bits per heavy atom. The molecular formula is C41H48Cl3N9O5S. The molecule has 7 rings (SSSR count). The number of anilines is 1. The second-order valence-corrected chi connectivity index (χ2v) is 17.1. The number of benzene rings is 2. The van der Waals surface area contributed by atoms with Crippen LogP contribution in [-0.4, -0.2) is 115 Å². The number of thiophene rings is 1. The Balaban J connectivity index is 0.759. The predicted molar refractivity (Wildman–Crippen MR) is 232 cm³/mol. The topological polar surface area (TPSA) is 148 Å². The first kappa shape index (κ1) is 43.2. The first-order chi connectivity index (χ1) is 28.5. The van der Waals surface area contributed by atoms with Gasteiger partial charge in [-0.3, -0.25) is 29.1 Å². The highest BCUT2D eigenvalue weighted by molar-refractivity contribution is 7.15. The molecule has 0 spiro atoms. The number of hydrogen-bond acceptors (Lipinski definition) is 12. The lowest BCUT2D eigenvalue weighted by molar-refractivity contribution is -0.122. The van der Waals surface area contributed by atoms with Crippen LogP contribution < -0.4 is 15.6 Å². The van der Waals surface area contributed by atoms with E-state index in [1.54, 1.807) is 23.5 Å². The van der Waals surface area contributed by atoms with Gasteiger partial charge in [0.15, 0.2) is 5.82 Å². The third-order valence-corrected chi connectivity index (χ3v) is 12.6. The van der Waals surface area contributed by atoms with Gasteiger partial charge in [0, 0.05) is 53.6 Å². The zero-order valence-corrected chi connectivity index (χ0v) is 36.4. The molecule has 3 aliphatic rings. The molecule has 1 atom stereocenters. The van der Waals surface area contributed by atoms with Gasteiger partial charge in [-0.15, -0.1) is 21.5 Å². The van der Waals surface area contributed by atoms with Crippen LogP contribution in [0.2, 0.25) is 15.1 Å². The zero-order valence-electron chi connectivity index (χ0n) is 33.3. The van der Waals surface area contributed by atoms with Crippen molar-refractivity contribution in [1.29, 1.82) is 0 Å². The minimum absolute atomic E-state index is 0.0740. The Labute approximate surface area is 362 Å². The van der Waals surface area contributed by atoms with Crippen molar-refractivity contribution in [2.24, 2.45) is 10.1 Å². The van der Waals surface area contributed by atoms with Crippen LogP contribution in [-0.2, 0) is 23.8 Å². The second-order valence-electron chi connectivity index (χ2n) is 14.6. The average molecular weight is 885 g/mol. The van der Waals surface area contributed by atoms with Gasteiger partial charge in [-0.25, -0.2) is 0 Å². The molecule has 1 fully saturated rings. The number of aliphatic imine (C=N–C) groups is 1. The van der Waals surface area contributed by atoms with Crippen LogP contribution in [0.3, 0.4) is 0 Å². The van der Waals surface area contributed by atoms with Gasteiger partial charge in [-0.05, 0) is 69.5 Å². The number of amides is 2. The van der Waals surface area contributed by atoms with Gasteiger partial charge in [0.1, 0.15) is 22.7 Å². The number of aryl methyl sites for hydroxylation is 2. The maximum absolute atomic E-state index is 13.2. The van der Waals surface area contributed by atoms with Crippen molar-refractivity contribution in [2.45, 2.75) is 58.6 Å². The van der Waals surface area contributed by atoms with Crippen LogP contribution >= 0.6 is 46.1 Å². The molecule has 0 unspecified atom stereocenters. The normalized spacial score (nSPS) is 17.0. The van der Waals surface area contributed by atoms with E-state index in [0.29, 0.717) is 85.8 Å². The number of ether oxygens (including phenoxy) is 3. The van der Waals surface area contributed by atoms with Crippen molar-refractivity contribution in [3.8, 4) is 5.00 Å². The van der Waals surface area contributed by atoms with Crippen molar-refractivity contribution in [3.05, 3.63) is 90.7 Å². The molecule has 14 nitrogen and oxygen atoms in total. The molecule has 2 aromatic carbocycles. The summed E-state index contributed by atoms with van der Waals surface area (Å²) in [5, 5.41) is 23.7. The lowest BCUT2D eigenvalue weighted by atomic mass is 9.99. The fourth-order valence-corrected chi connectivity index (χ4v) is 8.89. The molecule has 0 saturated carbocycles. The SMILES string of the molecule is Cc1sc2c(c1C)C(c1ccc(Cl)cc1)=N[C@@H](CC(=O)NCCOCCOCCOC1CCN(CC(=O)NC3=NN(c4ccc(Cl)c(Cl)c4)CC3)CC1)c1nnc(C)n1-2. The molecule has 59 heavy (non-hydrogen) atoms. The monoisotopic (exact) mass is 883 g/mol. The number of nitrogens with zero attached hydrogens (tertiary/aromatic N) is 7. The number of carbonyl (C=O) groups is 2. The van der Waals surface area contributed by atoms with Crippen LogP contribution in [0.15, 0.2) is 52.6 Å². The highest BCUT2D eigenvalue weighted by Crippen LogP contribution is 2.39. The minimum Gasteiger partial charge on any atom is -0.377 e. The molecule has 5 heterocycles. The third-order valence-electron chi connectivity index (χ3n) is 10.4. The van der Waals surface area contributed by atoms with Gasteiger partial charge < -0.3 is 24.8 Å². The van der Waals surface area contributed by atoms with Crippen molar-refractivity contribution in [3.63, 3.8) is 0 Å². The number of likely N-dealkylation sites (tertiary alicyclic amines) is 1. The minimum atomic E-state index is -0.537. The summed E-state index contributed by atoms with van der Waals surface area (Å²) in [4.78, 5) is 34.4. The second kappa shape index (κ2) is 20.1. The molecule has 0 bridgehead atoms. The number of aromatic nitrogens is 3. The first-order valence-corrected chi connectivity index (χ1v) is 21.7. The van der Waals surface area contributed by atoms with E-state index in [9.17, 15) is 9.59 Å². The zero-order chi connectivity index (χ0) is 41.5. The van der Waals surface area contributed by atoms with E-state index in [-0.39, 0.29) is 24.3 Å². The fraction of sp³-hybridized carbons (Fsp3) is 0.463. The number of piperidine rings is 1. The molecule has 2 amide bonds. The first-order valence-electron chi connectivity index (χ1n) is 19.8. The van der Waals surface area contributed by atoms with Crippen LogP contribution in [0.5, 0.6) is 0 Å². The Morgan fingerprint density at radius 3 is 2.39 bits per heavy atom. The van der Waals surface area contributed by atoms with Gasteiger partial charge in [-0.1, -0.05) is 46.9 Å². The summed E-state index contributed by atoms with van der Waals surface area (Å²) >= 11 is 20.1. The van der Waals surface area contributed by atoms with E-state index in [2.05, 4.69) is 44.7 Å². The number of hydrogen-bond donors (Lipinski definition) is 2. The van der Waals surface area contributed by atoms with Gasteiger partial charge in [0.25, 0.3) is 0 Å². The van der Waals surface area contributed by atoms with Gasteiger partial charge in [0.05, 0.1) is 73.5 Å². The Kier molecular flexibility index (Phi) is 14.7. The number of carbonyl (C=O) groups excluding carboxylic acids is 2. The molecule has 314 valence electrons. The van der Waals surface area contributed by atoms with E-state index in [4.69, 9.17) is 54.0 Å². The Morgan fingerprint density at radius 2 is 1.63 bits per heavy atom. The van der Waals surface area contributed by atoms with E-state index in [1.807, 2.05) is 46.8 Å². The molecule has 18 heteroatoms. The van der Waals surface area contributed by atoms with Crippen LogP contribution in [0.4, 0.5) is 5.69 Å². The van der Waals surface area contributed by atoms with Crippen molar-refractivity contribution in [2.75, 3.05) is 70.8 Å². The van der Waals surface area contributed by atoms with Gasteiger partial charge in [0.2, 0.25) is 11.8 Å². The maximum atomic E-state index is 13.2. The number of amidine groups is 1. The van der Waals surface area contributed by atoms with E-state index in [1.165, 1.54) is 4.88 Å². The summed E-state index contributed by atoms with van der Waals surface area (Å²) in [7, 11) is 0. The summed E-state index contributed by atoms with van der Waals surface area (Å²) in [6.45, 7) is 11.1. The average Bonchev–Trinajstić information content (AvgIpc) is 3.90. The predicted octanol–water partition coefficient (Wildman–Crippen LogP) is 6.47. The summed E-state index contributed by atoms with van der Waals surface area (Å²) in [5.74, 6) is 1.79. The lowest BCUT2D eigenvalue weighted by Gasteiger charge is -2.31. The Hall–Kier alpha value is -3.93. The third kappa shape index (κ3) is 10.9. The Bertz CT molecular complexity index is 2190. The number of nitrogens with one attached hydrogen (secondary N) is 2. The summed E-state index contributed by atoms with van der Waals surface area (Å²) < 4.78 is 19.5. The lowest BCUT2D eigenvalue weighted by Crippen LogP contribution is -2.44. The largest absolute Gasteiger partial charge is 0.377 e. The summed E-state index contributed by atoms with van der Waals surface area (Å²) in [6, 6.07) is 12.4. The molecule has 2 N–H and O–H groups in total. The highest BCUT2D eigenvalue weighted by atomic mass is 35.5. The molecule has 4 aromatic rings. The summed E-state index contributed by atoms with van der Waals surface area (Å²) in [6.07, 6.45) is 2.57. The molecule has 0 radical (unpaired) electrons. The number of rotatable bonds is 16. The molecule has 3 aliphatic heterocycles. The molecular weight excluding hydrogens is 837 g/mol. The maximum Gasteiger partial charge on any atom is 0.239 e. The molecule has 2 aromatic heterocycles. The molecule has 1 saturated heterocycles. The smallest absolute Gasteiger partial charge is 0.239 e. The fourth-order valence-electron chi connectivity index (χ4n) is 7.25. The van der Waals surface area contributed by atoms with Gasteiger partial charge in [-0.2, -0.15) is 5.10 Å². The standard InChI is InChI=1S/C41H48Cl3N9O5S/c1-25-26(2)59-41-38(25)39(28-4-6-29(42)7-5-28)46-34(40-49-48-27(3)53(40)41)23-36(54)45-13-17-56-18-19-57-20-21-58-31-10-14-51(15-11-31)24-37(55)47-35-12-16-52(50-35)30-8-9-32(43)33(44)22-30/h4-9,22,31,34H,10-21,23-24H2,1-3H3,(H,45,54)(H,47,50,55)/t34-/m0/s1. The quantitative estimate of drug-likeness (QED) is 0.121. The van der Waals surface area contributed by atoms with Crippen LogP contribution in [0, 0.1) is 20.8 Å². The number of fused-ring (bicyclic) bond motifs is 3. The highest BCUT2D eigenvalue weighted by Gasteiger charge is 2.32. The van der Waals surface area contributed by atoms with Crippen LogP contribution in [0.1, 0.15) is 64.9 Å². The van der Waals surface area contributed by atoms with Crippen molar-refractivity contribution >= 4 is 75.2 Å². The number of hydrazone groups is 1. The van der Waals surface area contributed by atoms with E-state index >= 15 is 0 Å². The van der Waals surface area contributed by atoms with Crippen molar-refractivity contribution < 1.29 is 23.8 Å². The van der Waals surface area contributed by atoms with Gasteiger partial charge >= 0.3 is 0 Å². The van der Waals surface area contributed by atoms with Crippen LogP contribution in [0.25, 0.3) is 5.00 Å². The van der Waals surface area contributed by atoms with E-state index < -0.39 is 6.04 Å². The summed E-state index contributed by atoms with van der Waals surface area (Å²) in [5.41, 5.74) is 4.72. The molecule has 0 aliphatic carbocycles.